The predicted molar refractivity (Wildman–Crippen MR) is 85.9 cm³/mol. The zero-order valence-corrected chi connectivity index (χ0v) is 13.8. The fourth-order valence-electron chi connectivity index (χ4n) is 1.73. The van der Waals surface area contributed by atoms with Gasteiger partial charge in [0.25, 0.3) is 5.91 Å². The van der Waals surface area contributed by atoms with Gasteiger partial charge >= 0.3 is 0 Å². The second kappa shape index (κ2) is 6.36. The standard InChI is InChI=1S/C14H17N3O2S2/c1-14(2,3)17(12(19)10-5-4-7-20-10)9-11(18)16-13-15-6-8-21-13/h4-8H,9H2,1-3H3,(H,15,16,18). The zero-order valence-electron chi connectivity index (χ0n) is 12.1. The van der Waals surface area contributed by atoms with Gasteiger partial charge in [0.1, 0.15) is 6.54 Å². The maximum atomic E-state index is 12.5. The van der Waals surface area contributed by atoms with Crippen LogP contribution in [-0.2, 0) is 4.79 Å². The summed E-state index contributed by atoms with van der Waals surface area (Å²) in [5.74, 6) is -0.378. The Morgan fingerprint density at radius 1 is 1.29 bits per heavy atom. The molecule has 0 aliphatic heterocycles. The van der Waals surface area contributed by atoms with E-state index < -0.39 is 5.54 Å². The molecule has 2 amide bonds. The van der Waals surface area contributed by atoms with E-state index in [-0.39, 0.29) is 18.4 Å². The maximum absolute atomic E-state index is 12.5. The molecule has 0 spiro atoms. The summed E-state index contributed by atoms with van der Waals surface area (Å²) in [6.45, 7) is 5.74. The number of nitrogens with zero attached hydrogens (tertiary/aromatic N) is 2. The average Bonchev–Trinajstić information content (AvgIpc) is 3.06. The van der Waals surface area contributed by atoms with Gasteiger partial charge in [0, 0.05) is 17.1 Å². The van der Waals surface area contributed by atoms with Crippen molar-refractivity contribution >= 4 is 39.6 Å². The molecular formula is C14H17N3O2S2. The largest absolute Gasteiger partial charge is 0.324 e. The van der Waals surface area contributed by atoms with Gasteiger partial charge in [-0.2, -0.15) is 0 Å². The molecule has 5 nitrogen and oxygen atoms in total. The van der Waals surface area contributed by atoms with Gasteiger partial charge in [0.2, 0.25) is 5.91 Å². The van der Waals surface area contributed by atoms with E-state index >= 15 is 0 Å². The van der Waals surface area contributed by atoms with Crippen LogP contribution in [0, 0.1) is 0 Å². The third-order valence-corrected chi connectivity index (χ3v) is 4.31. The highest BCUT2D eigenvalue weighted by Crippen LogP contribution is 2.20. The molecule has 0 aliphatic carbocycles. The number of hydrogen-bond acceptors (Lipinski definition) is 5. The Morgan fingerprint density at radius 2 is 2.05 bits per heavy atom. The number of rotatable bonds is 4. The van der Waals surface area contributed by atoms with Gasteiger partial charge in [0.05, 0.1) is 4.88 Å². The van der Waals surface area contributed by atoms with Crippen LogP contribution in [0.2, 0.25) is 0 Å². The van der Waals surface area contributed by atoms with E-state index in [4.69, 9.17) is 0 Å². The summed E-state index contributed by atoms with van der Waals surface area (Å²) in [5, 5.41) is 6.88. The van der Waals surface area contributed by atoms with Gasteiger partial charge in [-0.05, 0) is 32.2 Å². The summed E-state index contributed by atoms with van der Waals surface area (Å²) in [6, 6.07) is 3.60. The highest BCUT2D eigenvalue weighted by molar-refractivity contribution is 7.13. The molecule has 0 fully saturated rings. The topological polar surface area (TPSA) is 62.3 Å². The molecule has 0 aromatic carbocycles. The van der Waals surface area contributed by atoms with Crippen LogP contribution in [0.3, 0.4) is 0 Å². The van der Waals surface area contributed by atoms with Gasteiger partial charge in [-0.3, -0.25) is 9.59 Å². The quantitative estimate of drug-likeness (QED) is 0.940. The van der Waals surface area contributed by atoms with Gasteiger partial charge < -0.3 is 10.2 Å². The first-order chi connectivity index (χ1) is 9.88. The summed E-state index contributed by atoms with van der Waals surface area (Å²) in [7, 11) is 0. The first kappa shape index (κ1) is 15.7. The number of nitrogens with one attached hydrogen (secondary N) is 1. The van der Waals surface area contributed by atoms with Crippen molar-refractivity contribution in [2.75, 3.05) is 11.9 Å². The first-order valence-electron chi connectivity index (χ1n) is 6.43. The minimum Gasteiger partial charge on any atom is -0.324 e. The Morgan fingerprint density at radius 3 is 2.57 bits per heavy atom. The van der Waals surface area contributed by atoms with Crippen LogP contribution in [0.25, 0.3) is 0 Å². The summed E-state index contributed by atoms with van der Waals surface area (Å²) in [4.78, 5) is 30.8. The fourth-order valence-corrected chi connectivity index (χ4v) is 2.95. The molecular weight excluding hydrogens is 306 g/mol. The maximum Gasteiger partial charge on any atom is 0.264 e. The smallest absolute Gasteiger partial charge is 0.264 e. The molecule has 0 saturated heterocycles. The van der Waals surface area contributed by atoms with Crippen molar-refractivity contribution in [1.29, 1.82) is 0 Å². The molecule has 0 radical (unpaired) electrons. The molecule has 2 aromatic heterocycles. The molecule has 0 aliphatic rings. The monoisotopic (exact) mass is 323 g/mol. The van der Waals surface area contributed by atoms with E-state index in [1.54, 1.807) is 22.5 Å². The van der Waals surface area contributed by atoms with E-state index in [9.17, 15) is 9.59 Å². The fraction of sp³-hybridized carbons (Fsp3) is 0.357. The lowest BCUT2D eigenvalue weighted by atomic mass is 10.1. The Bertz CT molecular complexity index is 601. The predicted octanol–water partition coefficient (Wildman–Crippen LogP) is 3.08. The van der Waals surface area contributed by atoms with Crippen LogP contribution in [0.1, 0.15) is 30.4 Å². The van der Waals surface area contributed by atoms with Crippen molar-refractivity contribution in [1.82, 2.24) is 9.88 Å². The van der Waals surface area contributed by atoms with Crippen LogP contribution in [0.15, 0.2) is 29.1 Å². The Hall–Kier alpha value is -1.73. The molecule has 0 unspecified atom stereocenters. The second-order valence-electron chi connectivity index (χ2n) is 5.42. The van der Waals surface area contributed by atoms with E-state index in [1.807, 2.05) is 32.2 Å². The van der Waals surface area contributed by atoms with E-state index in [0.29, 0.717) is 10.0 Å². The zero-order chi connectivity index (χ0) is 15.5. The lowest BCUT2D eigenvalue weighted by Gasteiger charge is -2.34. The molecule has 2 heterocycles. The van der Waals surface area contributed by atoms with Crippen molar-refractivity contribution in [3.8, 4) is 0 Å². The number of aromatic nitrogens is 1. The highest BCUT2D eigenvalue weighted by Gasteiger charge is 2.29. The Kier molecular flexibility index (Phi) is 4.74. The van der Waals surface area contributed by atoms with Crippen molar-refractivity contribution in [3.05, 3.63) is 34.0 Å². The number of thiophene rings is 1. The van der Waals surface area contributed by atoms with E-state index in [0.717, 1.165) is 0 Å². The third-order valence-electron chi connectivity index (χ3n) is 2.77. The van der Waals surface area contributed by atoms with Crippen molar-refractivity contribution in [3.63, 3.8) is 0 Å². The minimum atomic E-state index is -0.443. The van der Waals surface area contributed by atoms with Gasteiger partial charge in [-0.1, -0.05) is 6.07 Å². The average molecular weight is 323 g/mol. The minimum absolute atomic E-state index is 0.000185. The number of anilines is 1. The number of amides is 2. The molecule has 21 heavy (non-hydrogen) atoms. The molecule has 0 saturated carbocycles. The Balaban J connectivity index is 2.10. The summed E-state index contributed by atoms with van der Waals surface area (Å²) >= 11 is 2.72. The molecule has 7 heteroatoms. The summed E-state index contributed by atoms with van der Waals surface area (Å²) < 4.78 is 0. The lowest BCUT2D eigenvalue weighted by molar-refractivity contribution is -0.117. The van der Waals surface area contributed by atoms with Crippen LogP contribution in [0.4, 0.5) is 5.13 Å². The van der Waals surface area contributed by atoms with E-state index in [1.165, 1.54) is 22.7 Å². The van der Waals surface area contributed by atoms with Gasteiger partial charge in [0.15, 0.2) is 5.13 Å². The van der Waals surface area contributed by atoms with Crippen molar-refractivity contribution in [2.24, 2.45) is 0 Å². The second-order valence-corrected chi connectivity index (χ2v) is 7.27. The summed E-state index contributed by atoms with van der Waals surface area (Å²) in [5.41, 5.74) is -0.443. The first-order valence-corrected chi connectivity index (χ1v) is 8.18. The third kappa shape index (κ3) is 4.12. The van der Waals surface area contributed by atoms with Crippen LogP contribution < -0.4 is 5.32 Å². The molecule has 2 rings (SSSR count). The molecule has 0 atom stereocenters. The molecule has 2 aromatic rings. The molecule has 1 N–H and O–H groups in total. The van der Waals surface area contributed by atoms with E-state index in [2.05, 4.69) is 10.3 Å². The summed E-state index contributed by atoms with van der Waals surface area (Å²) in [6.07, 6.45) is 1.62. The van der Waals surface area contributed by atoms with Crippen molar-refractivity contribution < 1.29 is 9.59 Å². The normalized spacial score (nSPS) is 11.2. The number of thiazole rings is 1. The molecule has 0 bridgehead atoms. The SMILES string of the molecule is CC(C)(C)N(CC(=O)Nc1nccs1)C(=O)c1cccs1. The lowest BCUT2D eigenvalue weighted by Crippen LogP contribution is -2.49. The molecule has 112 valence electrons. The highest BCUT2D eigenvalue weighted by atomic mass is 32.1. The Labute approximate surface area is 131 Å². The number of hydrogen-bond donors (Lipinski definition) is 1. The van der Waals surface area contributed by atoms with Crippen molar-refractivity contribution in [2.45, 2.75) is 26.3 Å². The number of carbonyl (C=O) groups excluding carboxylic acids is 2. The van der Waals surface area contributed by atoms with Gasteiger partial charge in [-0.25, -0.2) is 4.98 Å². The number of carbonyl (C=O) groups is 2. The van der Waals surface area contributed by atoms with Crippen LogP contribution in [-0.4, -0.2) is 33.8 Å². The van der Waals surface area contributed by atoms with Crippen LogP contribution in [0.5, 0.6) is 0 Å². The van der Waals surface area contributed by atoms with Gasteiger partial charge in [-0.15, -0.1) is 22.7 Å². The van der Waals surface area contributed by atoms with Crippen LogP contribution >= 0.6 is 22.7 Å².